The van der Waals surface area contributed by atoms with E-state index in [1.54, 1.807) is 31.2 Å². The van der Waals surface area contributed by atoms with E-state index >= 15 is 0 Å². The zero-order chi connectivity index (χ0) is 17.8. The van der Waals surface area contributed by atoms with Crippen molar-refractivity contribution in [1.29, 1.82) is 0 Å². The van der Waals surface area contributed by atoms with Crippen molar-refractivity contribution < 1.29 is 14.3 Å². The van der Waals surface area contributed by atoms with Gasteiger partial charge < -0.3 is 15.4 Å². The number of hydrogen-bond donors (Lipinski definition) is 2. The Morgan fingerprint density at radius 2 is 1.88 bits per heavy atom. The third-order valence-electron chi connectivity index (χ3n) is 4.87. The molecule has 134 valence electrons. The number of rotatable bonds is 4. The molecule has 0 bridgehead atoms. The highest BCUT2D eigenvalue weighted by molar-refractivity contribution is 6.30. The summed E-state index contributed by atoms with van der Waals surface area (Å²) in [5.74, 6) is 0.0641. The highest BCUT2D eigenvalue weighted by Gasteiger charge is 2.32. The second kappa shape index (κ2) is 7.91. The average Bonchev–Trinajstić information content (AvgIpc) is 2.60. The molecule has 1 atom stereocenters. The Labute approximate surface area is 152 Å². The molecule has 0 radical (unpaired) electrons. The van der Waals surface area contributed by atoms with E-state index in [1.807, 2.05) is 0 Å². The maximum atomic E-state index is 12.7. The number of benzene rings is 1. The van der Waals surface area contributed by atoms with Crippen molar-refractivity contribution in [2.45, 2.75) is 45.1 Å². The van der Waals surface area contributed by atoms with E-state index in [0.717, 1.165) is 18.4 Å². The van der Waals surface area contributed by atoms with Gasteiger partial charge in [-0.05, 0) is 43.4 Å². The third-order valence-corrected chi connectivity index (χ3v) is 5.12. The first-order valence-electron chi connectivity index (χ1n) is 8.75. The fourth-order valence-corrected chi connectivity index (χ4v) is 3.62. The van der Waals surface area contributed by atoms with Gasteiger partial charge in [0.1, 0.15) is 0 Å². The van der Waals surface area contributed by atoms with E-state index in [-0.39, 0.29) is 12.0 Å². The molecule has 3 rings (SSSR count). The number of halogens is 1. The Hall–Kier alpha value is -2.01. The zero-order valence-corrected chi connectivity index (χ0v) is 15.1. The number of allylic oxidation sites excluding steroid dienone is 1. The highest BCUT2D eigenvalue weighted by atomic mass is 35.5. The molecule has 6 heteroatoms. The highest BCUT2D eigenvalue weighted by Crippen LogP contribution is 2.29. The van der Waals surface area contributed by atoms with Crippen LogP contribution in [-0.4, -0.2) is 18.6 Å². The second-order valence-corrected chi connectivity index (χ2v) is 7.16. The van der Waals surface area contributed by atoms with Crippen LogP contribution in [0.15, 0.2) is 35.5 Å². The van der Waals surface area contributed by atoms with Crippen molar-refractivity contribution in [1.82, 2.24) is 10.6 Å². The van der Waals surface area contributed by atoms with E-state index in [2.05, 4.69) is 10.6 Å². The van der Waals surface area contributed by atoms with Crippen molar-refractivity contribution >= 4 is 23.6 Å². The normalized spacial score (nSPS) is 21.5. The van der Waals surface area contributed by atoms with Crippen LogP contribution < -0.4 is 10.6 Å². The Morgan fingerprint density at radius 1 is 1.20 bits per heavy atom. The van der Waals surface area contributed by atoms with Gasteiger partial charge in [-0.25, -0.2) is 9.59 Å². The van der Waals surface area contributed by atoms with Crippen LogP contribution in [0.3, 0.4) is 0 Å². The molecule has 0 saturated heterocycles. The summed E-state index contributed by atoms with van der Waals surface area (Å²) in [6.07, 6.45) is 5.90. The number of ether oxygens (including phenoxy) is 1. The fraction of sp³-hybridized carbons (Fsp3) is 0.474. The summed E-state index contributed by atoms with van der Waals surface area (Å²) in [5.41, 5.74) is 1.76. The predicted octanol–water partition coefficient (Wildman–Crippen LogP) is 4.09. The van der Waals surface area contributed by atoms with Gasteiger partial charge in [0, 0.05) is 10.7 Å². The van der Waals surface area contributed by atoms with E-state index < -0.39 is 6.04 Å². The summed E-state index contributed by atoms with van der Waals surface area (Å²) in [6, 6.07) is 6.23. The first-order chi connectivity index (χ1) is 12.0. The lowest BCUT2D eigenvalue weighted by atomic mass is 9.90. The molecule has 1 aliphatic carbocycles. The predicted molar refractivity (Wildman–Crippen MR) is 96.1 cm³/mol. The number of nitrogens with one attached hydrogen (secondary N) is 2. The van der Waals surface area contributed by atoms with Gasteiger partial charge in [0.25, 0.3) is 0 Å². The van der Waals surface area contributed by atoms with Crippen LogP contribution in [-0.2, 0) is 9.53 Å². The fourth-order valence-electron chi connectivity index (χ4n) is 3.49. The van der Waals surface area contributed by atoms with Crippen molar-refractivity contribution in [2.24, 2.45) is 5.92 Å². The molecule has 2 N–H and O–H groups in total. The monoisotopic (exact) mass is 362 g/mol. The number of carbonyl (C=O) groups is 2. The van der Waals surface area contributed by atoms with E-state index in [0.29, 0.717) is 28.8 Å². The molecule has 1 aromatic rings. The van der Waals surface area contributed by atoms with E-state index in [9.17, 15) is 9.59 Å². The minimum atomic E-state index is -0.537. The molecule has 1 saturated carbocycles. The number of urea groups is 1. The van der Waals surface area contributed by atoms with Crippen molar-refractivity contribution in [3.8, 4) is 0 Å². The first kappa shape index (κ1) is 17.8. The number of hydrogen-bond acceptors (Lipinski definition) is 3. The summed E-state index contributed by atoms with van der Waals surface area (Å²) in [4.78, 5) is 24.6. The standard InChI is InChI=1S/C19H23ClN2O3/c1-12-16(18(23)25-11-13-5-3-2-4-6-13)17(22-19(24)21-12)14-7-9-15(20)10-8-14/h7-10,13,17H,2-6,11H2,1H3,(H2,21,22,24). The maximum absolute atomic E-state index is 12.7. The van der Waals surface area contributed by atoms with E-state index in [1.165, 1.54) is 19.3 Å². The van der Waals surface area contributed by atoms with Crippen molar-refractivity contribution in [3.63, 3.8) is 0 Å². The minimum absolute atomic E-state index is 0.332. The SMILES string of the molecule is CC1=C(C(=O)OCC2CCCCC2)C(c2ccc(Cl)cc2)NC(=O)N1. The average molecular weight is 363 g/mol. The summed E-state index contributed by atoms with van der Waals surface area (Å²) < 4.78 is 5.59. The smallest absolute Gasteiger partial charge is 0.338 e. The van der Waals surface area contributed by atoms with Crippen LogP contribution in [0.4, 0.5) is 4.79 Å². The Morgan fingerprint density at radius 3 is 2.56 bits per heavy atom. The molecule has 1 heterocycles. The third kappa shape index (κ3) is 4.34. The molecule has 0 aromatic heterocycles. The molecule has 2 amide bonds. The number of carbonyl (C=O) groups excluding carboxylic acids is 2. The van der Waals surface area contributed by atoms with Crippen LogP contribution in [0.1, 0.15) is 50.6 Å². The van der Waals surface area contributed by atoms with Gasteiger partial charge in [-0.3, -0.25) is 0 Å². The molecule has 0 spiro atoms. The van der Waals surface area contributed by atoms with Gasteiger partial charge in [0.15, 0.2) is 0 Å². The van der Waals surface area contributed by atoms with E-state index in [4.69, 9.17) is 16.3 Å². The Kier molecular flexibility index (Phi) is 5.63. The Balaban J connectivity index is 1.76. The first-order valence-corrected chi connectivity index (χ1v) is 9.13. The van der Waals surface area contributed by atoms with Gasteiger partial charge >= 0.3 is 12.0 Å². The van der Waals surface area contributed by atoms with Gasteiger partial charge in [-0.1, -0.05) is 43.0 Å². The molecule has 5 nitrogen and oxygen atoms in total. The molecule has 1 aliphatic heterocycles. The quantitative estimate of drug-likeness (QED) is 0.792. The number of amides is 2. The van der Waals surface area contributed by atoms with Crippen LogP contribution in [0.5, 0.6) is 0 Å². The van der Waals surface area contributed by atoms with Crippen molar-refractivity contribution in [3.05, 3.63) is 46.1 Å². The maximum Gasteiger partial charge on any atom is 0.338 e. The molecule has 2 aliphatic rings. The largest absolute Gasteiger partial charge is 0.462 e. The molecular formula is C19H23ClN2O3. The van der Waals surface area contributed by atoms with Gasteiger partial charge in [0.05, 0.1) is 18.2 Å². The van der Waals surface area contributed by atoms with Gasteiger partial charge in [-0.2, -0.15) is 0 Å². The second-order valence-electron chi connectivity index (χ2n) is 6.72. The van der Waals surface area contributed by atoms with Crippen LogP contribution in [0.25, 0.3) is 0 Å². The molecule has 1 aromatic carbocycles. The van der Waals surface area contributed by atoms with Crippen LogP contribution in [0, 0.1) is 5.92 Å². The molecule has 1 unspecified atom stereocenters. The lowest BCUT2D eigenvalue weighted by Gasteiger charge is -2.29. The minimum Gasteiger partial charge on any atom is -0.462 e. The summed E-state index contributed by atoms with van der Waals surface area (Å²) in [5, 5.41) is 6.06. The zero-order valence-electron chi connectivity index (χ0n) is 14.3. The van der Waals surface area contributed by atoms with Crippen LogP contribution in [0.2, 0.25) is 5.02 Å². The van der Waals surface area contributed by atoms with Crippen LogP contribution >= 0.6 is 11.6 Å². The summed E-state index contributed by atoms with van der Waals surface area (Å²) >= 11 is 5.94. The van der Waals surface area contributed by atoms with Gasteiger partial charge in [-0.15, -0.1) is 0 Å². The molecular weight excluding hydrogens is 340 g/mol. The lowest BCUT2D eigenvalue weighted by molar-refractivity contribution is -0.141. The molecule has 1 fully saturated rings. The number of esters is 1. The molecule has 25 heavy (non-hydrogen) atoms. The summed E-state index contributed by atoms with van der Waals surface area (Å²) in [7, 11) is 0. The Bertz CT molecular complexity index is 678. The topological polar surface area (TPSA) is 67.4 Å². The summed E-state index contributed by atoms with van der Waals surface area (Å²) in [6.45, 7) is 2.16. The van der Waals surface area contributed by atoms with Gasteiger partial charge in [0.2, 0.25) is 0 Å². The van der Waals surface area contributed by atoms with Crippen molar-refractivity contribution in [2.75, 3.05) is 6.61 Å². The lowest BCUT2D eigenvalue weighted by Crippen LogP contribution is -2.45.